The summed E-state index contributed by atoms with van der Waals surface area (Å²) in [4.78, 5) is 2.36. The van der Waals surface area contributed by atoms with E-state index in [9.17, 15) is 0 Å². The number of rotatable bonds is 4. The fourth-order valence-corrected chi connectivity index (χ4v) is 2.07. The minimum Gasteiger partial charge on any atom is -0.326 e. The molecule has 1 aromatic carbocycles. The second-order valence-electron chi connectivity index (χ2n) is 5.71. The highest BCUT2D eigenvalue weighted by atomic mass is 15.1. The summed E-state index contributed by atoms with van der Waals surface area (Å²) in [6.45, 7) is 9.48. The van der Waals surface area contributed by atoms with Crippen LogP contribution in [0.4, 0.5) is 0 Å². The highest BCUT2D eigenvalue weighted by Crippen LogP contribution is 2.17. The maximum atomic E-state index is 5.74. The molecule has 0 aromatic heterocycles. The number of nitrogens with two attached hydrogens (primary N) is 1. The number of hydrogen-bond donors (Lipinski definition) is 1. The molecule has 0 spiro atoms. The zero-order chi connectivity index (χ0) is 12.2. The molecule has 90 valence electrons. The van der Waals surface area contributed by atoms with Crippen molar-refractivity contribution in [1.29, 1.82) is 0 Å². The Balaban J connectivity index is 2.65. The standard InChI is InChI=1S/C14H24N2/c1-14(2,3)11-16(4)10-13-8-6-5-7-12(13)9-15/h5-8H,9-11,15H2,1-4H3. The van der Waals surface area contributed by atoms with Gasteiger partial charge in [0, 0.05) is 19.6 Å². The summed E-state index contributed by atoms with van der Waals surface area (Å²) >= 11 is 0. The van der Waals surface area contributed by atoms with E-state index < -0.39 is 0 Å². The molecule has 0 aliphatic heterocycles. The number of nitrogens with zero attached hydrogens (tertiary/aromatic N) is 1. The second-order valence-corrected chi connectivity index (χ2v) is 5.71. The summed E-state index contributed by atoms with van der Waals surface area (Å²) < 4.78 is 0. The van der Waals surface area contributed by atoms with E-state index in [0.29, 0.717) is 12.0 Å². The minimum atomic E-state index is 0.340. The van der Waals surface area contributed by atoms with Crippen molar-refractivity contribution >= 4 is 0 Å². The largest absolute Gasteiger partial charge is 0.326 e. The van der Waals surface area contributed by atoms with Gasteiger partial charge >= 0.3 is 0 Å². The number of hydrogen-bond acceptors (Lipinski definition) is 2. The third kappa shape index (κ3) is 4.33. The smallest absolute Gasteiger partial charge is 0.0234 e. The van der Waals surface area contributed by atoms with Crippen LogP contribution in [0.25, 0.3) is 0 Å². The molecular weight excluding hydrogens is 196 g/mol. The number of benzene rings is 1. The molecular formula is C14H24N2. The van der Waals surface area contributed by atoms with Gasteiger partial charge < -0.3 is 10.6 Å². The summed E-state index contributed by atoms with van der Waals surface area (Å²) in [7, 11) is 2.17. The minimum absolute atomic E-state index is 0.340. The molecule has 0 heterocycles. The van der Waals surface area contributed by atoms with Gasteiger partial charge in [-0.2, -0.15) is 0 Å². The lowest BCUT2D eigenvalue weighted by Crippen LogP contribution is -2.29. The van der Waals surface area contributed by atoms with Crippen LogP contribution in [-0.4, -0.2) is 18.5 Å². The summed E-state index contributed by atoms with van der Waals surface area (Å²) in [6.07, 6.45) is 0. The Hall–Kier alpha value is -0.860. The highest BCUT2D eigenvalue weighted by molar-refractivity contribution is 5.26. The molecule has 0 bridgehead atoms. The van der Waals surface area contributed by atoms with E-state index in [2.05, 4.69) is 57.0 Å². The third-order valence-electron chi connectivity index (χ3n) is 2.52. The average Bonchev–Trinajstić information content (AvgIpc) is 2.15. The van der Waals surface area contributed by atoms with Gasteiger partial charge in [0.25, 0.3) is 0 Å². The van der Waals surface area contributed by atoms with Gasteiger partial charge in [0.05, 0.1) is 0 Å². The van der Waals surface area contributed by atoms with Crippen molar-refractivity contribution in [3.63, 3.8) is 0 Å². The van der Waals surface area contributed by atoms with Crippen LogP contribution < -0.4 is 5.73 Å². The van der Waals surface area contributed by atoms with Crippen molar-refractivity contribution in [3.8, 4) is 0 Å². The molecule has 0 aliphatic rings. The Kier molecular flexibility index (Phi) is 4.51. The SMILES string of the molecule is CN(Cc1ccccc1CN)CC(C)(C)C. The molecule has 2 heteroatoms. The Labute approximate surface area is 99.5 Å². The monoisotopic (exact) mass is 220 g/mol. The topological polar surface area (TPSA) is 29.3 Å². The maximum absolute atomic E-state index is 5.74. The molecule has 16 heavy (non-hydrogen) atoms. The molecule has 0 amide bonds. The van der Waals surface area contributed by atoms with Crippen LogP contribution in [0.5, 0.6) is 0 Å². The van der Waals surface area contributed by atoms with Crippen molar-refractivity contribution in [1.82, 2.24) is 4.90 Å². The Morgan fingerprint density at radius 3 is 2.19 bits per heavy atom. The zero-order valence-corrected chi connectivity index (χ0v) is 11.0. The maximum Gasteiger partial charge on any atom is 0.0234 e. The lowest BCUT2D eigenvalue weighted by atomic mass is 9.96. The molecule has 1 rings (SSSR count). The average molecular weight is 220 g/mol. The normalized spacial score (nSPS) is 12.1. The van der Waals surface area contributed by atoms with E-state index >= 15 is 0 Å². The highest BCUT2D eigenvalue weighted by Gasteiger charge is 2.14. The summed E-state index contributed by atoms with van der Waals surface area (Å²) in [6, 6.07) is 8.41. The van der Waals surface area contributed by atoms with E-state index in [1.807, 2.05) is 0 Å². The van der Waals surface area contributed by atoms with Crippen LogP contribution in [-0.2, 0) is 13.1 Å². The Morgan fingerprint density at radius 1 is 1.12 bits per heavy atom. The summed E-state index contributed by atoms with van der Waals surface area (Å²) in [5.74, 6) is 0. The van der Waals surface area contributed by atoms with Gasteiger partial charge in [-0.3, -0.25) is 0 Å². The lowest BCUT2D eigenvalue weighted by molar-refractivity contribution is 0.220. The van der Waals surface area contributed by atoms with Gasteiger partial charge in [-0.25, -0.2) is 0 Å². The first-order valence-corrected chi connectivity index (χ1v) is 5.88. The van der Waals surface area contributed by atoms with E-state index in [-0.39, 0.29) is 0 Å². The molecule has 0 saturated carbocycles. The molecule has 0 unspecified atom stereocenters. The van der Waals surface area contributed by atoms with Gasteiger partial charge in [0.15, 0.2) is 0 Å². The van der Waals surface area contributed by atoms with Crippen molar-refractivity contribution in [2.45, 2.75) is 33.9 Å². The van der Waals surface area contributed by atoms with E-state index in [4.69, 9.17) is 5.73 Å². The van der Waals surface area contributed by atoms with Crippen LogP contribution in [0, 0.1) is 5.41 Å². The van der Waals surface area contributed by atoms with Crippen LogP contribution in [0.1, 0.15) is 31.9 Å². The van der Waals surface area contributed by atoms with Gasteiger partial charge in [-0.1, -0.05) is 45.0 Å². The van der Waals surface area contributed by atoms with Crippen molar-refractivity contribution in [2.75, 3.05) is 13.6 Å². The predicted octanol–water partition coefficient (Wildman–Crippen LogP) is 2.62. The van der Waals surface area contributed by atoms with Gasteiger partial charge in [0.2, 0.25) is 0 Å². The first-order valence-electron chi connectivity index (χ1n) is 5.88. The second kappa shape index (κ2) is 5.46. The van der Waals surface area contributed by atoms with Crippen LogP contribution in [0.2, 0.25) is 0 Å². The summed E-state index contributed by atoms with van der Waals surface area (Å²) in [5.41, 5.74) is 8.67. The van der Waals surface area contributed by atoms with Gasteiger partial charge in [-0.05, 0) is 23.6 Å². The third-order valence-corrected chi connectivity index (χ3v) is 2.52. The van der Waals surface area contributed by atoms with Crippen LogP contribution in [0.15, 0.2) is 24.3 Å². The molecule has 0 saturated heterocycles. The molecule has 0 fully saturated rings. The Morgan fingerprint density at radius 2 is 1.69 bits per heavy atom. The van der Waals surface area contributed by atoms with Gasteiger partial charge in [-0.15, -0.1) is 0 Å². The lowest BCUT2D eigenvalue weighted by Gasteiger charge is -2.27. The molecule has 1 aromatic rings. The first kappa shape index (κ1) is 13.2. The zero-order valence-electron chi connectivity index (χ0n) is 11.0. The quantitative estimate of drug-likeness (QED) is 0.845. The van der Waals surface area contributed by atoms with Crippen LogP contribution in [0.3, 0.4) is 0 Å². The summed E-state index contributed by atoms with van der Waals surface area (Å²) in [5, 5.41) is 0. The van der Waals surface area contributed by atoms with Crippen molar-refractivity contribution < 1.29 is 0 Å². The van der Waals surface area contributed by atoms with Crippen LogP contribution >= 0.6 is 0 Å². The first-order chi connectivity index (χ1) is 7.42. The Bertz CT molecular complexity index is 326. The van der Waals surface area contributed by atoms with E-state index in [0.717, 1.165) is 13.1 Å². The van der Waals surface area contributed by atoms with Gasteiger partial charge in [0.1, 0.15) is 0 Å². The van der Waals surface area contributed by atoms with E-state index in [1.165, 1.54) is 11.1 Å². The predicted molar refractivity (Wildman–Crippen MR) is 70.1 cm³/mol. The van der Waals surface area contributed by atoms with Crippen molar-refractivity contribution in [3.05, 3.63) is 35.4 Å². The molecule has 2 nitrogen and oxygen atoms in total. The molecule has 0 radical (unpaired) electrons. The molecule has 2 N–H and O–H groups in total. The molecule has 0 aliphatic carbocycles. The fraction of sp³-hybridized carbons (Fsp3) is 0.571. The van der Waals surface area contributed by atoms with Crippen molar-refractivity contribution in [2.24, 2.45) is 11.1 Å². The fourth-order valence-electron chi connectivity index (χ4n) is 2.07. The van der Waals surface area contributed by atoms with E-state index in [1.54, 1.807) is 0 Å². The molecule has 0 atom stereocenters.